The molecule has 0 saturated carbocycles. The number of amides is 1. The minimum Gasteiger partial charge on any atom is -0.368 e. The van der Waals surface area contributed by atoms with Crippen molar-refractivity contribution in [3.05, 3.63) is 0 Å². The summed E-state index contributed by atoms with van der Waals surface area (Å²) in [5.74, 6) is -0.641. The van der Waals surface area contributed by atoms with Gasteiger partial charge < -0.3 is 5.73 Å². The van der Waals surface area contributed by atoms with Crippen molar-refractivity contribution in [3.63, 3.8) is 0 Å². The van der Waals surface area contributed by atoms with Crippen LogP contribution in [-0.4, -0.2) is 24.4 Å². The number of halogens is 2. The van der Waals surface area contributed by atoms with Crippen LogP contribution in [0.15, 0.2) is 0 Å². The summed E-state index contributed by atoms with van der Waals surface area (Å²) in [6.45, 7) is 2.39. The molecule has 0 atom stereocenters. The van der Waals surface area contributed by atoms with E-state index in [1.54, 1.807) is 0 Å². The second kappa shape index (κ2) is 3.61. The number of nitrogens with one attached hydrogen (secondary N) is 1. The van der Waals surface area contributed by atoms with E-state index < -0.39 is 24.4 Å². The summed E-state index contributed by atoms with van der Waals surface area (Å²) in [6, 6.07) is 0. The SMILES string of the molecule is CC(C)(NCC(F)F)C(N)=O. The Kier molecular flexibility index (Phi) is 3.38. The van der Waals surface area contributed by atoms with E-state index in [0.29, 0.717) is 0 Å². The molecule has 3 nitrogen and oxygen atoms in total. The van der Waals surface area contributed by atoms with Crippen molar-refractivity contribution in [1.82, 2.24) is 5.32 Å². The fourth-order valence-electron chi connectivity index (χ4n) is 0.419. The van der Waals surface area contributed by atoms with Gasteiger partial charge in [0.2, 0.25) is 5.91 Å². The third kappa shape index (κ3) is 3.87. The van der Waals surface area contributed by atoms with Crippen molar-refractivity contribution in [2.45, 2.75) is 25.8 Å². The molecule has 0 aliphatic heterocycles. The molecule has 0 unspecified atom stereocenters. The van der Waals surface area contributed by atoms with Crippen LogP contribution in [0.2, 0.25) is 0 Å². The van der Waals surface area contributed by atoms with E-state index in [4.69, 9.17) is 5.73 Å². The van der Waals surface area contributed by atoms with Crippen molar-refractivity contribution in [2.75, 3.05) is 6.54 Å². The number of nitrogens with two attached hydrogens (primary N) is 1. The van der Waals surface area contributed by atoms with Gasteiger partial charge in [-0.1, -0.05) is 0 Å². The first-order valence-electron chi connectivity index (χ1n) is 3.19. The molecule has 0 heterocycles. The normalized spacial score (nSPS) is 12.1. The second-order valence-corrected chi connectivity index (χ2v) is 2.76. The van der Waals surface area contributed by atoms with Crippen molar-refractivity contribution < 1.29 is 13.6 Å². The molecule has 0 aromatic carbocycles. The minimum absolute atomic E-state index is 0.518. The molecule has 0 radical (unpaired) electrons. The summed E-state index contributed by atoms with van der Waals surface area (Å²) >= 11 is 0. The number of carbonyl (C=O) groups is 1. The van der Waals surface area contributed by atoms with Crippen LogP contribution in [0, 0.1) is 0 Å². The Hall–Kier alpha value is -0.710. The standard InChI is InChI=1S/C6H12F2N2O/c1-6(2,5(9)11)10-3-4(7)8/h4,10H,3H2,1-2H3,(H2,9,11). The first-order chi connectivity index (χ1) is 4.86. The maximum absolute atomic E-state index is 11.6. The summed E-state index contributed by atoms with van der Waals surface area (Å²) in [5, 5.41) is 2.33. The predicted octanol–water partition coefficient (Wildman–Crippen LogP) is 0.105. The average Bonchev–Trinajstić information content (AvgIpc) is 1.84. The number of rotatable bonds is 4. The van der Waals surface area contributed by atoms with E-state index in [0.717, 1.165) is 0 Å². The fraction of sp³-hybridized carbons (Fsp3) is 0.833. The van der Waals surface area contributed by atoms with Gasteiger partial charge in [0, 0.05) is 0 Å². The third-order valence-corrected chi connectivity index (χ3v) is 1.31. The maximum atomic E-state index is 11.6. The van der Waals surface area contributed by atoms with E-state index in [9.17, 15) is 13.6 Å². The lowest BCUT2D eigenvalue weighted by Crippen LogP contribution is -2.51. The summed E-state index contributed by atoms with van der Waals surface area (Å²) < 4.78 is 23.2. The topological polar surface area (TPSA) is 55.1 Å². The first-order valence-corrected chi connectivity index (χ1v) is 3.19. The van der Waals surface area contributed by atoms with Gasteiger partial charge in [-0.2, -0.15) is 0 Å². The van der Waals surface area contributed by atoms with Crippen LogP contribution in [0.25, 0.3) is 0 Å². The Morgan fingerprint density at radius 3 is 2.36 bits per heavy atom. The van der Waals surface area contributed by atoms with Gasteiger partial charge in [0.05, 0.1) is 12.1 Å². The van der Waals surface area contributed by atoms with Crippen LogP contribution >= 0.6 is 0 Å². The molecule has 0 aliphatic rings. The van der Waals surface area contributed by atoms with Crippen LogP contribution in [0.1, 0.15) is 13.8 Å². The van der Waals surface area contributed by atoms with Gasteiger partial charge in [-0.05, 0) is 13.8 Å². The van der Waals surface area contributed by atoms with Gasteiger partial charge >= 0.3 is 0 Å². The van der Waals surface area contributed by atoms with Crippen LogP contribution in [0.5, 0.6) is 0 Å². The molecule has 0 aliphatic carbocycles. The zero-order valence-electron chi connectivity index (χ0n) is 6.53. The molecule has 0 bridgehead atoms. The lowest BCUT2D eigenvalue weighted by atomic mass is 10.1. The number of hydrogen-bond donors (Lipinski definition) is 2. The Balaban J connectivity index is 3.83. The molecule has 0 rings (SSSR count). The fourth-order valence-corrected chi connectivity index (χ4v) is 0.419. The summed E-state index contributed by atoms with van der Waals surface area (Å²) in [5.41, 5.74) is 3.85. The monoisotopic (exact) mass is 166 g/mol. The third-order valence-electron chi connectivity index (χ3n) is 1.31. The molecular weight excluding hydrogens is 154 g/mol. The average molecular weight is 166 g/mol. The highest BCUT2D eigenvalue weighted by atomic mass is 19.3. The van der Waals surface area contributed by atoms with Crippen LogP contribution in [-0.2, 0) is 4.79 Å². The highest BCUT2D eigenvalue weighted by molar-refractivity contribution is 5.83. The molecule has 0 spiro atoms. The van der Waals surface area contributed by atoms with E-state index in [-0.39, 0.29) is 0 Å². The molecule has 0 aromatic rings. The summed E-state index contributed by atoms with van der Waals surface area (Å²) in [4.78, 5) is 10.5. The molecular formula is C6H12F2N2O. The van der Waals surface area contributed by atoms with Gasteiger partial charge in [-0.3, -0.25) is 10.1 Å². The molecule has 3 N–H and O–H groups in total. The molecule has 1 amide bonds. The summed E-state index contributed by atoms with van der Waals surface area (Å²) in [7, 11) is 0. The smallest absolute Gasteiger partial charge is 0.250 e. The zero-order valence-corrected chi connectivity index (χ0v) is 6.53. The van der Waals surface area contributed by atoms with Crippen LogP contribution in [0.4, 0.5) is 8.78 Å². The van der Waals surface area contributed by atoms with Crippen LogP contribution in [0.3, 0.4) is 0 Å². The van der Waals surface area contributed by atoms with Gasteiger partial charge in [-0.25, -0.2) is 8.78 Å². The van der Waals surface area contributed by atoms with E-state index in [2.05, 4.69) is 5.32 Å². The maximum Gasteiger partial charge on any atom is 0.250 e. The van der Waals surface area contributed by atoms with E-state index >= 15 is 0 Å². The highest BCUT2D eigenvalue weighted by Gasteiger charge is 2.24. The number of hydrogen-bond acceptors (Lipinski definition) is 2. The zero-order chi connectivity index (χ0) is 9.07. The summed E-state index contributed by atoms with van der Waals surface area (Å²) in [6.07, 6.45) is -2.46. The largest absolute Gasteiger partial charge is 0.368 e. The molecule has 0 aromatic heterocycles. The molecule has 11 heavy (non-hydrogen) atoms. The molecule has 0 fully saturated rings. The van der Waals surface area contributed by atoms with Crippen molar-refractivity contribution in [2.24, 2.45) is 5.73 Å². The minimum atomic E-state index is -2.46. The highest BCUT2D eigenvalue weighted by Crippen LogP contribution is 2.01. The van der Waals surface area contributed by atoms with Crippen LogP contribution < -0.4 is 11.1 Å². The number of primary amides is 1. The second-order valence-electron chi connectivity index (χ2n) is 2.76. The van der Waals surface area contributed by atoms with Gasteiger partial charge in [0.1, 0.15) is 0 Å². The molecule has 5 heteroatoms. The Morgan fingerprint density at radius 1 is 1.64 bits per heavy atom. The Bertz CT molecular complexity index is 148. The van der Waals surface area contributed by atoms with Crippen molar-refractivity contribution >= 4 is 5.91 Å². The Labute approximate surface area is 63.9 Å². The van der Waals surface area contributed by atoms with Crippen molar-refractivity contribution in [1.29, 1.82) is 0 Å². The van der Waals surface area contributed by atoms with Gasteiger partial charge in [0.15, 0.2) is 0 Å². The van der Waals surface area contributed by atoms with Gasteiger partial charge in [0.25, 0.3) is 6.43 Å². The number of alkyl halides is 2. The lowest BCUT2D eigenvalue weighted by Gasteiger charge is -2.21. The quantitative estimate of drug-likeness (QED) is 0.622. The Morgan fingerprint density at radius 2 is 2.09 bits per heavy atom. The van der Waals surface area contributed by atoms with Crippen molar-refractivity contribution in [3.8, 4) is 0 Å². The van der Waals surface area contributed by atoms with E-state index in [1.807, 2.05) is 0 Å². The van der Waals surface area contributed by atoms with E-state index in [1.165, 1.54) is 13.8 Å². The first kappa shape index (κ1) is 10.3. The lowest BCUT2D eigenvalue weighted by molar-refractivity contribution is -0.123. The number of carbonyl (C=O) groups excluding carboxylic acids is 1. The molecule has 0 saturated heterocycles. The molecule has 66 valence electrons. The van der Waals surface area contributed by atoms with Gasteiger partial charge in [-0.15, -0.1) is 0 Å². The predicted molar refractivity (Wildman–Crippen MR) is 37.3 cm³/mol.